The van der Waals surface area contributed by atoms with Gasteiger partial charge in [-0.15, -0.1) is 11.3 Å². The summed E-state index contributed by atoms with van der Waals surface area (Å²) in [5, 5.41) is 1.92. The molecular weight excluding hydrogens is 260 g/mol. The molecule has 0 radical (unpaired) electrons. The van der Waals surface area contributed by atoms with Gasteiger partial charge in [0.15, 0.2) is 17.3 Å². The highest BCUT2D eigenvalue weighted by Crippen LogP contribution is 2.31. The van der Waals surface area contributed by atoms with E-state index in [9.17, 15) is 4.79 Å². The van der Waals surface area contributed by atoms with Crippen LogP contribution in [-0.2, 0) is 6.42 Å². The van der Waals surface area contributed by atoms with Gasteiger partial charge in [0, 0.05) is 6.42 Å². The van der Waals surface area contributed by atoms with Crippen molar-refractivity contribution in [3.63, 3.8) is 0 Å². The maximum absolute atomic E-state index is 12.0. The quantitative estimate of drug-likeness (QED) is 0.756. The molecule has 2 aromatic rings. The van der Waals surface area contributed by atoms with Crippen molar-refractivity contribution < 1.29 is 14.3 Å². The van der Waals surface area contributed by atoms with Crippen molar-refractivity contribution >= 4 is 17.1 Å². The summed E-state index contributed by atoms with van der Waals surface area (Å²) in [7, 11) is 3.22. The van der Waals surface area contributed by atoms with Gasteiger partial charge >= 0.3 is 0 Å². The van der Waals surface area contributed by atoms with Crippen LogP contribution in [0, 0.1) is 0 Å². The molecule has 0 saturated carbocycles. The maximum atomic E-state index is 12.0. The Hall–Kier alpha value is -1.81. The zero-order valence-corrected chi connectivity index (χ0v) is 11.8. The van der Waals surface area contributed by atoms with Crippen LogP contribution in [0.2, 0.25) is 0 Å². The molecular formula is C15H16O3S. The first-order valence-corrected chi connectivity index (χ1v) is 6.90. The highest BCUT2D eigenvalue weighted by Gasteiger charge is 2.12. The van der Waals surface area contributed by atoms with E-state index in [0.717, 1.165) is 10.4 Å². The number of ketones is 1. The molecule has 1 aromatic carbocycles. The number of ether oxygens (including phenoxy) is 2. The minimum atomic E-state index is 0.167. The summed E-state index contributed by atoms with van der Waals surface area (Å²) in [5.74, 6) is 1.58. The van der Waals surface area contributed by atoms with E-state index in [1.54, 1.807) is 14.2 Å². The Balaban J connectivity index is 2.09. The van der Waals surface area contributed by atoms with Crippen LogP contribution in [0.25, 0.3) is 0 Å². The molecule has 0 aliphatic rings. The Morgan fingerprint density at radius 1 is 1.16 bits per heavy atom. The van der Waals surface area contributed by atoms with Gasteiger partial charge < -0.3 is 9.47 Å². The Kier molecular flexibility index (Phi) is 4.58. The second kappa shape index (κ2) is 6.38. The number of hydrogen-bond acceptors (Lipinski definition) is 4. The normalized spacial score (nSPS) is 10.2. The van der Waals surface area contributed by atoms with Crippen LogP contribution in [-0.4, -0.2) is 20.0 Å². The molecule has 0 unspecified atom stereocenters. The Bertz CT molecular complexity index is 547. The fraction of sp³-hybridized carbons (Fsp3) is 0.267. The van der Waals surface area contributed by atoms with Gasteiger partial charge in [0.05, 0.1) is 19.1 Å². The first-order chi connectivity index (χ1) is 9.26. The third-order valence-corrected chi connectivity index (χ3v) is 3.81. The number of Topliss-reactive ketones (excluding diaryl/α,β-unsaturated/α-hetero) is 1. The number of methoxy groups -OCH3 is 2. The number of carbonyl (C=O) groups is 1. The molecule has 0 N–H and O–H groups in total. The monoisotopic (exact) mass is 276 g/mol. The lowest BCUT2D eigenvalue weighted by atomic mass is 10.1. The molecule has 0 aliphatic carbocycles. The van der Waals surface area contributed by atoms with Crippen molar-refractivity contribution in [2.45, 2.75) is 12.8 Å². The summed E-state index contributed by atoms with van der Waals surface area (Å²) < 4.78 is 10.6. The standard InChI is InChI=1S/C15H16O3S/c1-17-13-6-3-5-11(15(13)18-2)8-9-12(16)14-7-4-10-19-14/h3-7,10H,8-9H2,1-2H3. The fourth-order valence-corrected chi connectivity index (χ4v) is 2.65. The molecule has 4 heteroatoms. The number of carbonyl (C=O) groups excluding carboxylic acids is 1. The largest absolute Gasteiger partial charge is 0.493 e. The number of para-hydroxylation sites is 1. The predicted octanol–water partition coefficient (Wildman–Crippen LogP) is 3.58. The van der Waals surface area contributed by atoms with Crippen molar-refractivity contribution in [3.05, 3.63) is 46.2 Å². The van der Waals surface area contributed by atoms with Crippen LogP contribution in [0.5, 0.6) is 11.5 Å². The molecule has 1 heterocycles. The van der Waals surface area contributed by atoms with Gasteiger partial charge in [0.25, 0.3) is 0 Å². The van der Waals surface area contributed by atoms with Gasteiger partial charge in [-0.3, -0.25) is 4.79 Å². The average molecular weight is 276 g/mol. The SMILES string of the molecule is COc1cccc(CCC(=O)c2cccs2)c1OC. The molecule has 0 aliphatic heterocycles. The second-order valence-electron chi connectivity index (χ2n) is 4.05. The summed E-state index contributed by atoms with van der Waals surface area (Å²) in [6, 6.07) is 9.47. The molecule has 0 saturated heterocycles. The van der Waals surface area contributed by atoms with Crippen molar-refractivity contribution in [2.24, 2.45) is 0 Å². The number of thiophene rings is 1. The van der Waals surface area contributed by atoms with Crippen LogP contribution in [0.15, 0.2) is 35.7 Å². The summed E-state index contributed by atoms with van der Waals surface area (Å²) in [6.45, 7) is 0. The van der Waals surface area contributed by atoms with Gasteiger partial charge in [-0.25, -0.2) is 0 Å². The molecule has 100 valence electrons. The van der Waals surface area contributed by atoms with Crippen LogP contribution in [0.4, 0.5) is 0 Å². The van der Waals surface area contributed by atoms with E-state index in [2.05, 4.69) is 0 Å². The predicted molar refractivity (Wildman–Crippen MR) is 76.5 cm³/mol. The van der Waals surface area contributed by atoms with E-state index in [4.69, 9.17) is 9.47 Å². The molecule has 1 aromatic heterocycles. The minimum absolute atomic E-state index is 0.167. The van der Waals surface area contributed by atoms with Crippen molar-refractivity contribution in [1.29, 1.82) is 0 Å². The summed E-state index contributed by atoms with van der Waals surface area (Å²) >= 11 is 1.48. The number of hydrogen-bond donors (Lipinski definition) is 0. The van der Waals surface area contributed by atoms with Crippen LogP contribution < -0.4 is 9.47 Å². The topological polar surface area (TPSA) is 35.5 Å². The van der Waals surface area contributed by atoms with E-state index >= 15 is 0 Å². The lowest BCUT2D eigenvalue weighted by molar-refractivity contribution is 0.0986. The highest BCUT2D eigenvalue weighted by molar-refractivity contribution is 7.12. The lowest BCUT2D eigenvalue weighted by Gasteiger charge is -2.11. The molecule has 2 rings (SSSR count). The lowest BCUT2D eigenvalue weighted by Crippen LogP contribution is -2.01. The molecule has 19 heavy (non-hydrogen) atoms. The fourth-order valence-electron chi connectivity index (χ4n) is 1.96. The summed E-state index contributed by atoms with van der Waals surface area (Å²) in [5.41, 5.74) is 0.992. The molecule has 0 spiro atoms. The molecule has 0 amide bonds. The number of benzene rings is 1. The van der Waals surface area contributed by atoms with Gasteiger partial charge in [0.2, 0.25) is 0 Å². The average Bonchev–Trinajstić information content (AvgIpc) is 2.98. The van der Waals surface area contributed by atoms with Crippen molar-refractivity contribution in [3.8, 4) is 11.5 Å². The Morgan fingerprint density at radius 2 is 2.00 bits per heavy atom. The third-order valence-electron chi connectivity index (χ3n) is 2.90. The maximum Gasteiger partial charge on any atom is 0.173 e. The van der Waals surface area contributed by atoms with Gasteiger partial charge in [-0.2, -0.15) is 0 Å². The smallest absolute Gasteiger partial charge is 0.173 e. The second-order valence-corrected chi connectivity index (χ2v) is 5.00. The Labute approximate surface area is 116 Å². The molecule has 0 atom stereocenters. The summed E-state index contributed by atoms with van der Waals surface area (Å²) in [4.78, 5) is 12.8. The van der Waals surface area contributed by atoms with E-state index < -0.39 is 0 Å². The van der Waals surface area contributed by atoms with Crippen LogP contribution >= 0.6 is 11.3 Å². The van der Waals surface area contributed by atoms with E-state index in [0.29, 0.717) is 24.3 Å². The third kappa shape index (κ3) is 3.15. The van der Waals surface area contributed by atoms with Crippen LogP contribution in [0.1, 0.15) is 21.7 Å². The molecule has 0 fully saturated rings. The first-order valence-electron chi connectivity index (χ1n) is 6.03. The number of rotatable bonds is 6. The van der Waals surface area contributed by atoms with Crippen molar-refractivity contribution in [1.82, 2.24) is 0 Å². The van der Waals surface area contributed by atoms with Gasteiger partial charge in [-0.1, -0.05) is 18.2 Å². The summed E-state index contributed by atoms with van der Waals surface area (Å²) in [6.07, 6.45) is 1.13. The van der Waals surface area contributed by atoms with Gasteiger partial charge in [-0.05, 0) is 29.5 Å². The Morgan fingerprint density at radius 3 is 2.63 bits per heavy atom. The van der Waals surface area contributed by atoms with E-state index in [-0.39, 0.29) is 5.78 Å². The van der Waals surface area contributed by atoms with Crippen molar-refractivity contribution in [2.75, 3.05) is 14.2 Å². The van der Waals surface area contributed by atoms with Gasteiger partial charge in [0.1, 0.15) is 0 Å². The first kappa shape index (κ1) is 13.6. The van der Waals surface area contributed by atoms with Crippen LogP contribution in [0.3, 0.4) is 0 Å². The zero-order valence-electron chi connectivity index (χ0n) is 11.0. The zero-order chi connectivity index (χ0) is 13.7. The number of aryl methyl sites for hydroxylation is 1. The van der Waals surface area contributed by atoms with E-state index in [1.807, 2.05) is 35.7 Å². The minimum Gasteiger partial charge on any atom is -0.493 e. The van der Waals surface area contributed by atoms with E-state index in [1.165, 1.54) is 11.3 Å². The molecule has 3 nitrogen and oxygen atoms in total. The highest BCUT2D eigenvalue weighted by atomic mass is 32.1. The molecule has 0 bridgehead atoms.